The number of hydrogen-bond donors (Lipinski definition) is 2. The quantitative estimate of drug-likeness (QED) is 0.557. The Hall–Kier alpha value is -2.58. The zero-order chi connectivity index (χ0) is 20.8. The highest BCUT2D eigenvalue weighted by Gasteiger charge is 2.20. The summed E-state index contributed by atoms with van der Waals surface area (Å²) in [4.78, 5) is 25.9. The lowest BCUT2D eigenvalue weighted by atomic mass is 10.0. The van der Waals surface area contributed by atoms with Crippen molar-refractivity contribution in [1.29, 1.82) is 0 Å². The summed E-state index contributed by atoms with van der Waals surface area (Å²) in [5, 5.41) is 11.1. The number of aryl methyl sites for hydroxylation is 2. The summed E-state index contributed by atoms with van der Waals surface area (Å²) in [5.74, 6) is 0.841. The van der Waals surface area contributed by atoms with Crippen LogP contribution in [0, 0.1) is 13.8 Å². The summed E-state index contributed by atoms with van der Waals surface area (Å²) in [6.45, 7) is 5.55. The molecule has 0 bridgehead atoms. The van der Waals surface area contributed by atoms with E-state index >= 15 is 0 Å². The average molecular weight is 430 g/mol. The number of thioether (sulfide) groups is 1. The molecule has 3 rings (SSSR count). The molecule has 0 saturated carbocycles. The third-order valence-corrected chi connectivity index (χ3v) is 6.34. The number of benzene rings is 1. The highest BCUT2D eigenvalue weighted by molar-refractivity contribution is 8.01. The van der Waals surface area contributed by atoms with Gasteiger partial charge in [0.1, 0.15) is 5.76 Å². The highest BCUT2D eigenvalue weighted by atomic mass is 32.2. The molecule has 152 valence electrons. The van der Waals surface area contributed by atoms with Crippen LogP contribution in [0.15, 0.2) is 52.4 Å². The molecular weight excluding hydrogens is 406 g/mol. The van der Waals surface area contributed by atoms with E-state index in [0.717, 1.165) is 10.4 Å². The second-order valence-corrected chi connectivity index (χ2v) is 9.00. The molecule has 0 fully saturated rings. The van der Waals surface area contributed by atoms with E-state index in [-0.39, 0.29) is 23.6 Å². The molecule has 0 aliphatic rings. The molecule has 2 aromatic heterocycles. The topological polar surface area (TPSA) is 84.2 Å². The third kappa shape index (κ3) is 5.95. The second kappa shape index (κ2) is 9.76. The molecule has 2 amide bonds. The third-order valence-electron chi connectivity index (χ3n) is 4.26. The van der Waals surface area contributed by atoms with Crippen LogP contribution in [0.4, 0.5) is 5.82 Å². The van der Waals surface area contributed by atoms with E-state index < -0.39 is 5.25 Å². The molecule has 0 aliphatic heterocycles. The first-order chi connectivity index (χ1) is 13.9. The molecule has 6 nitrogen and oxygen atoms in total. The van der Waals surface area contributed by atoms with Crippen molar-refractivity contribution in [2.24, 2.45) is 0 Å². The maximum atomic E-state index is 12.6. The van der Waals surface area contributed by atoms with Crippen LogP contribution in [0.3, 0.4) is 0 Å². The predicted octanol–water partition coefficient (Wildman–Crippen LogP) is 4.32. The lowest BCUT2D eigenvalue weighted by Gasteiger charge is -2.19. The first-order valence-corrected chi connectivity index (χ1v) is 11.1. The number of nitrogens with zero attached hydrogens (tertiary/aromatic N) is 1. The fourth-order valence-electron chi connectivity index (χ4n) is 2.67. The number of rotatable bonds is 8. The van der Waals surface area contributed by atoms with Gasteiger partial charge in [-0.3, -0.25) is 9.59 Å². The zero-order valence-corrected chi connectivity index (χ0v) is 18.1. The normalized spacial score (nSPS) is 12.9. The first kappa shape index (κ1) is 21.1. The Morgan fingerprint density at radius 2 is 1.97 bits per heavy atom. The van der Waals surface area contributed by atoms with Gasteiger partial charge in [-0.15, -0.1) is 23.1 Å². The van der Waals surface area contributed by atoms with Crippen LogP contribution in [0.2, 0.25) is 0 Å². The second-order valence-electron chi connectivity index (χ2n) is 6.69. The molecule has 0 radical (unpaired) electrons. The van der Waals surface area contributed by atoms with Gasteiger partial charge in [-0.1, -0.05) is 41.1 Å². The molecule has 0 spiro atoms. The van der Waals surface area contributed by atoms with Crippen molar-refractivity contribution in [2.45, 2.75) is 32.1 Å². The molecule has 2 unspecified atom stereocenters. The van der Waals surface area contributed by atoms with Crippen LogP contribution in [0.5, 0.6) is 0 Å². The van der Waals surface area contributed by atoms with E-state index in [1.807, 2.05) is 48.7 Å². The van der Waals surface area contributed by atoms with Gasteiger partial charge in [-0.05, 0) is 37.8 Å². The largest absolute Gasteiger partial charge is 0.360 e. The van der Waals surface area contributed by atoms with Gasteiger partial charge in [0.2, 0.25) is 11.8 Å². The average Bonchev–Trinajstić information content (AvgIpc) is 3.37. The Balaban J connectivity index is 1.57. The minimum atomic E-state index is -0.405. The van der Waals surface area contributed by atoms with Crippen molar-refractivity contribution >= 4 is 40.7 Å². The van der Waals surface area contributed by atoms with E-state index in [4.69, 9.17) is 4.52 Å². The number of anilines is 1. The minimum Gasteiger partial charge on any atom is -0.360 e. The van der Waals surface area contributed by atoms with Crippen LogP contribution in [0.1, 0.15) is 34.7 Å². The molecule has 0 saturated heterocycles. The molecule has 0 aliphatic carbocycles. The number of carbonyl (C=O) groups excluding carboxylic acids is 2. The number of nitrogens with one attached hydrogen (secondary N) is 2. The Bertz CT molecular complexity index is 952. The first-order valence-electron chi connectivity index (χ1n) is 9.17. The van der Waals surface area contributed by atoms with Crippen LogP contribution in [-0.2, 0) is 9.59 Å². The molecule has 3 aromatic rings. The van der Waals surface area contributed by atoms with E-state index in [0.29, 0.717) is 11.6 Å². The lowest BCUT2D eigenvalue weighted by molar-refractivity contribution is -0.119. The number of aromatic nitrogens is 1. The molecule has 29 heavy (non-hydrogen) atoms. The summed E-state index contributed by atoms with van der Waals surface area (Å²) in [6.07, 6.45) is 0. The lowest BCUT2D eigenvalue weighted by Crippen LogP contribution is -2.32. The monoisotopic (exact) mass is 429 g/mol. The van der Waals surface area contributed by atoms with Gasteiger partial charge in [0.25, 0.3) is 0 Å². The fourth-order valence-corrected chi connectivity index (χ4v) is 4.16. The van der Waals surface area contributed by atoms with Crippen molar-refractivity contribution in [2.75, 3.05) is 11.1 Å². The number of carbonyl (C=O) groups is 2. The van der Waals surface area contributed by atoms with Crippen LogP contribution in [0.25, 0.3) is 0 Å². The van der Waals surface area contributed by atoms with Crippen LogP contribution < -0.4 is 10.6 Å². The van der Waals surface area contributed by atoms with Gasteiger partial charge in [0, 0.05) is 10.9 Å². The SMILES string of the molecule is Cc1ccc(C(NC(=O)CSC(C)C(=O)Nc2cc(C)on2)c2cccs2)cc1. The van der Waals surface area contributed by atoms with E-state index in [1.165, 1.54) is 17.3 Å². The zero-order valence-electron chi connectivity index (χ0n) is 16.5. The molecule has 2 heterocycles. The number of hydrogen-bond acceptors (Lipinski definition) is 6. The maximum Gasteiger partial charge on any atom is 0.238 e. The Labute approximate surface area is 178 Å². The van der Waals surface area contributed by atoms with E-state index in [9.17, 15) is 9.59 Å². The summed E-state index contributed by atoms with van der Waals surface area (Å²) < 4.78 is 4.94. The Kier molecular flexibility index (Phi) is 7.11. The molecule has 2 atom stereocenters. The maximum absolute atomic E-state index is 12.6. The van der Waals surface area contributed by atoms with Gasteiger partial charge in [0.15, 0.2) is 5.82 Å². The van der Waals surface area contributed by atoms with E-state index in [2.05, 4.69) is 15.8 Å². The van der Waals surface area contributed by atoms with Crippen LogP contribution >= 0.6 is 23.1 Å². The molecule has 1 aromatic carbocycles. The van der Waals surface area contributed by atoms with Gasteiger partial charge in [-0.2, -0.15) is 0 Å². The van der Waals surface area contributed by atoms with Gasteiger partial charge >= 0.3 is 0 Å². The highest BCUT2D eigenvalue weighted by Crippen LogP contribution is 2.26. The summed E-state index contributed by atoms with van der Waals surface area (Å²) in [6, 6.07) is 13.6. The molecule has 2 N–H and O–H groups in total. The van der Waals surface area contributed by atoms with Gasteiger partial charge in [0.05, 0.1) is 17.0 Å². The number of amides is 2. The van der Waals surface area contributed by atoms with Crippen molar-refractivity contribution in [3.05, 3.63) is 69.6 Å². The van der Waals surface area contributed by atoms with Crippen molar-refractivity contribution < 1.29 is 14.1 Å². The van der Waals surface area contributed by atoms with Crippen molar-refractivity contribution in [1.82, 2.24) is 10.5 Å². The number of thiophene rings is 1. The summed E-state index contributed by atoms with van der Waals surface area (Å²) in [7, 11) is 0. The van der Waals surface area contributed by atoms with Crippen LogP contribution in [-0.4, -0.2) is 28.0 Å². The van der Waals surface area contributed by atoms with Crippen molar-refractivity contribution in [3.8, 4) is 0 Å². The van der Waals surface area contributed by atoms with Gasteiger partial charge < -0.3 is 15.2 Å². The summed E-state index contributed by atoms with van der Waals surface area (Å²) in [5.41, 5.74) is 2.20. The molecular formula is C21H23N3O3S2. The Morgan fingerprint density at radius 3 is 2.59 bits per heavy atom. The van der Waals surface area contributed by atoms with E-state index in [1.54, 1.807) is 31.3 Å². The fraction of sp³-hybridized carbons (Fsp3) is 0.286. The van der Waals surface area contributed by atoms with Gasteiger partial charge in [-0.25, -0.2) is 0 Å². The summed E-state index contributed by atoms with van der Waals surface area (Å²) >= 11 is 2.88. The minimum absolute atomic E-state index is 0.120. The smallest absolute Gasteiger partial charge is 0.238 e. The van der Waals surface area contributed by atoms with Crippen molar-refractivity contribution in [3.63, 3.8) is 0 Å². The molecule has 8 heteroatoms. The predicted molar refractivity (Wildman–Crippen MR) is 117 cm³/mol. The Morgan fingerprint density at radius 1 is 1.21 bits per heavy atom. The standard InChI is InChI=1S/C21H23N3O3S2/c1-13-6-8-16(9-7-13)20(17-5-4-10-28-17)23-19(25)12-29-15(3)21(26)22-18-11-14(2)27-24-18/h4-11,15,20H,12H2,1-3H3,(H,23,25)(H,22,24,26).